The van der Waals surface area contributed by atoms with Gasteiger partial charge in [-0.15, -0.1) is 0 Å². The van der Waals surface area contributed by atoms with Crippen LogP contribution in [0.5, 0.6) is 5.75 Å². The van der Waals surface area contributed by atoms with E-state index in [2.05, 4.69) is 11.6 Å². The molecule has 0 saturated heterocycles. The number of ether oxygens (including phenoxy) is 1. The Labute approximate surface area is 110 Å². The summed E-state index contributed by atoms with van der Waals surface area (Å²) in [6.45, 7) is 3.76. The minimum absolute atomic E-state index is 0.128. The van der Waals surface area contributed by atoms with Crippen molar-refractivity contribution >= 4 is 5.70 Å². The van der Waals surface area contributed by atoms with Gasteiger partial charge in [0, 0.05) is 6.20 Å². The molecule has 1 heterocycles. The van der Waals surface area contributed by atoms with Gasteiger partial charge in [-0.2, -0.15) is 0 Å². The maximum Gasteiger partial charge on any atom is 0.269 e. The molecule has 96 valence electrons. The number of nitro groups is 1. The Balaban J connectivity index is 1.99. The molecular weight excluding hydrogens is 244 g/mol. The van der Waals surface area contributed by atoms with E-state index in [0.29, 0.717) is 17.9 Å². The molecule has 0 aliphatic heterocycles. The molecule has 0 bridgehead atoms. The zero-order valence-corrected chi connectivity index (χ0v) is 10.2. The SMILES string of the molecule is C=C(c1ccc(OCc2ccccn2)cc1)[N+](=O)[O-]. The average Bonchev–Trinajstić information content (AvgIpc) is 2.46. The maximum atomic E-state index is 10.6. The van der Waals surface area contributed by atoms with E-state index in [1.54, 1.807) is 30.5 Å². The van der Waals surface area contributed by atoms with Crippen LogP contribution >= 0.6 is 0 Å². The highest BCUT2D eigenvalue weighted by Crippen LogP contribution is 2.18. The van der Waals surface area contributed by atoms with Crippen LogP contribution in [0.15, 0.2) is 55.2 Å². The Hall–Kier alpha value is -2.69. The van der Waals surface area contributed by atoms with E-state index in [1.807, 2.05) is 18.2 Å². The minimum Gasteiger partial charge on any atom is -0.487 e. The predicted molar refractivity (Wildman–Crippen MR) is 71.0 cm³/mol. The third-order valence-corrected chi connectivity index (χ3v) is 2.52. The second-order valence-electron chi connectivity index (χ2n) is 3.84. The van der Waals surface area contributed by atoms with Gasteiger partial charge in [-0.25, -0.2) is 0 Å². The first kappa shape index (κ1) is 12.8. The second-order valence-corrected chi connectivity index (χ2v) is 3.84. The molecule has 19 heavy (non-hydrogen) atoms. The van der Waals surface area contributed by atoms with Gasteiger partial charge < -0.3 is 4.74 Å². The highest BCUT2D eigenvalue weighted by atomic mass is 16.6. The van der Waals surface area contributed by atoms with Crippen LogP contribution in [0.3, 0.4) is 0 Å². The number of hydrogen-bond acceptors (Lipinski definition) is 4. The summed E-state index contributed by atoms with van der Waals surface area (Å²) in [5, 5.41) is 10.6. The van der Waals surface area contributed by atoms with Crippen molar-refractivity contribution in [1.82, 2.24) is 4.98 Å². The van der Waals surface area contributed by atoms with Gasteiger partial charge >= 0.3 is 0 Å². The minimum atomic E-state index is -0.510. The van der Waals surface area contributed by atoms with Gasteiger partial charge in [0.15, 0.2) is 0 Å². The van der Waals surface area contributed by atoms with Crippen molar-refractivity contribution in [3.05, 3.63) is 76.6 Å². The molecule has 0 spiro atoms. The summed E-state index contributed by atoms with van der Waals surface area (Å²) in [5.74, 6) is 0.630. The van der Waals surface area contributed by atoms with Crippen molar-refractivity contribution in [2.24, 2.45) is 0 Å². The summed E-state index contributed by atoms with van der Waals surface area (Å²) in [5.41, 5.74) is 1.16. The van der Waals surface area contributed by atoms with E-state index in [1.165, 1.54) is 0 Å². The lowest BCUT2D eigenvalue weighted by Crippen LogP contribution is -1.98. The molecule has 0 N–H and O–H groups in total. The topological polar surface area (TPSA) is 65.3 Å². The van der Waals surface area contributed by atoms with Gasteiger partial charge in [0.2, 0.25) is 0 Å². The van der Waals surface area contributed by atoms with Gasteiger partial charge in [0.25, 0.3) is 5.70 Å². The molecule has 2 rings (SSSR count). The van der Waals surface area contributed by atoms with Crippen LogP contribution < -0.4 is 4.74 Å². The van der Waals surface area contributed by atoms with Crippen molar-refractivity contribution in [1.29, 1.82) is 0 Å². The summed E-state index contributed by atoms with van der Waals surface area (Å²) >= 11 is 0. The Kier molecular flexibility index (Phi) is 3.87. The van der Waals surface area contributed by atoms with Crippen LogP contribution in [-0.2, 0) is 6.61 Å². The first-order valence-electron chi connectivity index (χ1n) is 5.63. The normalized spacial score (nSPS) is 9.89. The smallest absolute Gasteiger partial charge is 0.269 e. The monoisotopic (exact) mass is 256 g/mol. The summed E-state index contributed by atoms with van der Waals surface area (Å²) in [4.78, 5) is 14.2. The fraction of sp³-hybridized carbons (Fsp3) is 0.0714. The second kappa shape index (κ2) is 5.77. The third kappa shape index (κ3) is 3.38. The molecular formula is C14H12N2O3. The van der Waals surface area contributed by atoms with E-state index in [-0.39, 0.29) is 5.70 Å². The first-order chi connectivity index (χ1) is 9.16. The summed E-state index contributed by atoms with van der Waals surface area (Å²) < 4.78 is 5.53. The molecule has 5 heteroatoms. The molecule has 1 aromatic carbocycles. The lowest BCUT2D eigenvalue weighted by atomic mass is 10.2. The average molecular weight is 256 g/mol. The molecule has 0 radical (unpaired) electrons. The molecule has 5 nitrogen and oxygen atoms in total. The van der Waals surface area contributed by atoms with E-state index in [9.17, 15) is 10.1 Å². The molecule has 0 aliphatic rings. The number of hydrogen-bond donors (Lipinski definition) is 0. The Morgan fingerprint density at radius 1 is 1.26 bits per heavy atom. The number of pyridine rings is 1. The predicted octanol–water partition coefficient (Wildman–Crippen LogP) is 2.91. The molecule has 2 aromatic rings. The zero-order valence-electron chi connectivity index (χ0n) is 10.2. The number of rotatable bonds is 5. The van der Waals surface area contributed by atoms with Crippen LogP contribution in [-0.4, -0.2) is 9.91 Å². The van der Waals surface area contributed by atoms with Gasteiger partial charge in [0.1, 0.15) is 12.4 Å². The van der Waals surface area contributed by atoms with Gasteiger partial charge in [-0.1, -0.05) is 6.07 Å². The van der Waals surface area contributed by atoms with E-state index in [0.717, 1.165) is 5.69 Å². The van der Waals surface area contributed by atoms with Crippen LogP contribution in [0.4, 0.5) is 0 Å². The number of aromatic nitrogens is 1. The third-order valence-electron chi connectivity index (χ3n) is 2.52. The Bertz CT molecular complexity index is 579. The molecule has 0 amide bonds. The summed E-state index contributed by atoms with van der Waals surface area (Å²) in [7, 11) is 0. The van der Waals surface area contributed by atoms with E-state index in [4.69, 9.17) is 4.74 Å². The van der Waals surface area contributed by atoms with Crippen molar-refractivity contribution < 1.29 is 9.66 Å². The van der Waals surface area contributed by atoms with Crippen LogP contribution in [0.1, 0.15) is 11.3 Å². The molecule has 0 atom stereocenters. The lowest BCUT2D eigenvalue weighted by Gasteiger charge is -2.05. The number of nitrogens with zero attached hydrogens (tertiary/aromatic N) is 2. The van der Waals surface area contributed by atoms with Crippen LogP contribution in [0, 0.1) is 10.1 Å². The van der Waals surface area contributed by atoms with Gasteiger partial charge in [0.05, 0.1) is 16.2 Å². The highest BCUT2D eigenvalue weighted by molar-refractivity contribution is 5.56. The van der Waals surface area contributed by atoms with Crippen LogP contribution in [0.25, 0.3) is 5.70 Å². The molecule has 0 aliphatic carbocycles. The molecule has 0 unspecified atom stereocenters. The largest absolute Gasteiger partial charge is 0.487 e. The fourth-order valence-electron chi connectivity index (χ4n) is 1.49. The van der Waals surface area contributed by atoms with Gasteiger partial charge in [-0.05, 0) is 43.0 Å². The molecule has 0 fully saturated rings. The number of benzene rings is 1. The zero-order chi connectivity index (χ0) is 13.7. The van der Waals surface area contributed by atoms with Crippen LogP contribution in [0.2, 0.25) is 0 Å². The lowest BCUT2D eigenvalue weighted by molar-refractivity contribution is -0.375. The summed E-state index contributed by atoms with van der Waals surface area (Å²) in [6, 6.07) is 12.2. The highest BCUT2D eigenvalue weighted by Gasteiger charge is 2.09. The molecule has 1 aromatic heterocycles. The van der Waals surface area contributed by atoms with E-state index < -0.39 is 4.92 Å². The standard InChI is InChI=1S/C14H12N2O3/c1-11(16(17)18)12-5-7-14(8-6-12)19-10-13-4-2-3-9-15-13/h2-9H,1,10H2. The Morgan fingerprint density at radius 2 is 2.00 bits per heavy atom. The van der Waals surface area contributed by atoms with E-state index >= 15 is 0 Å². The van der Waals surface area contributed by atoms with Gasteiger partial charge in [-0.3, -0.25) is 15.1 Å². The van der Waals surface area contributed by atoms with Crippen molar-refractivity contribution in [3.8, 4) is 5.75 Å². The summed E-state index contributed by atoms with van der Waals surface area (Å²) in [6.07, 6.45) is 1.70. The maximum absolute atomic E-state index is 10.6. The quantitative estimate of drug-likeness (QED) is 0.609. The fourth-order valence-corrected chi connectivity index (χ4v) is 1.49. The van der Waals surface area contributed by atoms with Crippen molar-refractivity contribution in [2.45, 2.75) is 6.61 Å². The Morgan fingerprint density at radius 3 is 2.58 bits per heavy atom. The van der Waals surface area contributed by atoms with Crippen molar-refractivity contribution in [3.63, 3.8) is 0 Å². The first-order valence-corrected chi connectivity index (χ1v) is 5.63. The molecule has 0 saturated carbocycles. The van der Waals surface area contributed by atoms with Crippen molar-refractivity contribution in [2.75, 3.05) is 0 Å².